The molecule has 0 bridgehead atoms. The summed E-state index contributed by atoms with van der Waals surface area (Å²) in [4.78, 5) is 2.56. The van der Waals surface area contributed by atoms with Gasteiger partial charge in [-0.2, -0.15) is 0 Å². The molecule has 15 rings (SSSR count). The molecule has 0 radical (unpaired) electrons. The third-order valence-corrected chi connectivity index (χ3v) is 16.3. The number of para-hydroxylation sites is 2. The van der Waals surface area contributed by atoms with E-state index in [1.165, 1.54) is 120 Å². The molecule has 13 aromatic rings. The lowest BCUT2D eigenvalue weighted by Crippen LogP contribution is -2.26. The van der Waals surface area contributed by atoms with Gasteiger partial charge in [-0.15, -0.1) is 11.3 Å². The second-order valence-electron chi connectivity index (χ2n) is 18.3. The SMILES string of the molecule is c1cc(-c2ccc(N(c3cccc4c3-c3ccccc3C43c4ccccc4-c4ccccc43)c3cccc4c3sc3c5ccccc5ccc43)cc2)cc(-n2c3ccccc3c3ccccc32)c1. The van der Waals surface area contributed by atoms with Gasteiger partial charge in [-0.05, 0) is 109 Å². The summed E-state index contributed by atoms with van der Waals surface area (Å²) in [6.45, 7) is 0. The Bertz CT molecular complexity index is 4130. The summed E-state index contributed by atoms with van der Waals surface area (Å²) in [6.07, 6.45) is 0. The Morgan fingerprint density at radius 3 is 1.63 bits per heavy atom. The first-order chi connectivity index (χ1) is 33.8. The zero-order valence-electron chi connectivity index (χ0n) is 36.9. The molecule has 0 atom stereocenters. The molecule has 2 nitrogen and oxygen atoms in total. The van der Waals surface area contributed by atoms with Crippen molar-refractivity contribution in [1.82, 2.24) is 4.57 Å². The van der Waals surface area contributed by atoms with E-state index in [0.717, 1.165) is 11.4 Å². The summed E-state index contributed by atoms with van der Waals surface area (Å²) < 4.78 is 5.00. The van der Waals surface area contributed by atoms with Crippen molar-refractivity contribution >= 4 is 81.1 Å². The summed E-state index contributed by atoms with van der Waals surface area (Å²) in [6, 6.07) is 90.5. The average molecular weight is 881 g/mol. The topological polar surface area (TPSA) is 8.17 Å². The Labute approximate surface area is 397 Å². The number of hydrogen-bond donors (Lipinski definition) is 0. The van der Waals surface area contributed by atoms with E-state index in [2.05, 4.69) is 252 Å². The van der Waals surface area contributed by atoms with Crippen molar-refractivity contribution < 1.29 is 0 Å². The molecule has 0 unspecified atom stereocenters. The van der Waals surface area contributed by atoms with Crippen LogP contribution in [0.4, 0.5) is 17.1 Å². The molecular formula is C65H40N2S. The highest BCUT2D eigenvalue weighted by molar-refractivity contribution is 7.27. The van der Waals surface area contributed by atoms with Gasteiger partial charge >= 0.3 is 0 Å². The minimum Gasteiger partial charge on any atom is -0.309 e. The molecular weight excluding hydrogens is 841 g/mol. The molecule has 0 saturated carbocycles. The van der Waals surface area contributed by atoms with E-state index in [1.54, 1.807) is 0 Å². The molecule has 2 heterocycles. The van der Waals surface area contributed by atoms with Crippen LogP contribution in [-0.2, 0) is 5.41 Å². The number of hydrogen-bond acceptors (Lipinski definition) is 2. The van der Waals surface area contributed by atoms with Crippen molar-refractivity contribution in [3.63, 3.8) is 0 Å². The van der Waals surface area contributed by atoms with Crippen LogP contribution in [0, 0.1) is 0 Å². The average Bonchev–Trinajstić information content (AvgIpc) is 4.14. The first kappa shape index (κ1) is 37.7. The van der Waals surface area contributed by atoms with Crippen LogP contribution in [0.1, 0.15) is 22.3 Å². The van der Waals surface area contributed by atoms with Crippen LogP contribution in [0.2, 0.25) is 0 Å². The quantitative estimate of drug-likeness (QED) is 0.167. The number of nitrogens with zero attached hydrogens (tertiary/aromatic N) is 2. The Morgan fingerprint density at radius 1 is 0.353 bits per heavy atom. The van der Waals surface area contributed by atoms with Gasteiger partial charge in [0.1, 0.15) is 0 Å². The highest BCUT2D eigenvalue weighted by Gasteiger charge is 2.52. The highest BCUT2D eigenvalue weighted by Crippen LogP contribution is 2.65. The van der Waals surface area contributed by atoms with Crippen LogP contribution < -0.4 is 4.90 Å². The van der Waals surface area contributed by atoms with E-state index in [0.29, 0.717) is 0 Å². The maximum Gasteiger partial charge on any atom is 0.0726 e. The van der Waals surface area contributed by atoms with Crippen LogP contribution in [0.5, 0.6) is 0 Å². The fraction of sp³-hybridized carbons (Fsp3) is 0.0154. The monoisotopic (exact) mass is 880 g/mol. The molecule has 0 N–H and O–H groups in total. The van der Waals surface area contributed by atoms with Crippen LogP contribution in [0.15, 0.2) is 243 Å². The third kappa shape index (κ3) is 5.06. The van der Waals surface area contributed by atoms with Gasteiger partial charge in [0, 0.05) is 43.2 Å². The molecule has 1 spiro atoms. The number of benzene rings is 11. The normalized spacial score (nSPS) is 13.1. The zero-order chi connectivity index (χ0) is 44.5. The maximum absolute atomic E-state index is 2.56. The molecule has 2 aliphatic carbocycles. The smallest absolute Gasteiger partial charge is 0.0726 e. The van der Waals surface area contributed by atoms with Crippen molar-refractivity contribution in [2.45, 2.75) is 5.41 Å². The lowest BCUT2D eigenvalue weighted by Gasteiger charge is -2.32. The molecule has 0 saturated heterocycles. The fourth-order valence-corrected chi connectivity index (χ4v) is 13.6. The lowest BCUT2D eigenvalue weighted by molar-refractivity contribution is 0.794. The summed E-state index contributed by atoms with van der Waals surface area (Å²) >= 11 is 1.91. The van der Waals surface area contributed by atoms with Crippen molar-refractivity contribution in [3.8, 4) is 39.1 Å². The summed E-state index contributed by atoms with van der Waals surface area (Å²) in [5.74, 6) is 0. The number of anilines is 3. The van der Waals surface area contributed by atoms with Gasteiger partial charge in [0.15, 0.2) is 0 Å². The summed E-state index contributed by atoms with van der Waals surface area (Å²) in [5, 5.41) is 7.67. The minimum atomic E-state index is -0.450. The Morgan fingerprint density at radius 2 is 0.897 bits per heavy atom. The van der Waals surface area contributed by atoms with Gasteiger partial charge in [0.2, 0.25) is 0 Å². The van der Waals surface area contributed by atoms with Gasteiger partial charge in [-0.25, -0.2) is 0 Å². The number of aromatic nitrogens is 1. The maximum atomic E-state index is 2.56. The minimum absolute atomic E-state index is 0.450. The van der Waals surface area contributed by atoms with Gasteiger partial charge in [0.05, 0.1) is 32.5 Å². The fourth-order valence-electron chi connectivity index (χ4n) is 12.2. The number of thiophene rings is 1. The first-order valence-electron chi connectivity index (χ1n) is 23.5. The van der Waals surface area contributed by atoms with E-state index in [4.69, 9.17) is 0 Å². The Hall–Kier alpha value is -8.50. The van der Waals surface area contributed by atoms with Gasteiger partial charge < -0.3 is 9.47 Å². The molecule has 316 valence electrons. The van der Waals surface area contributed by atoms with E-state index < -0.39 is 5.41 Å². The molecule has 0 fully saturated rings. The molecule has 2 aromatic heterocycles. The second kappa shape index (κ2) is 14.3. The highest BCUT2D eigenvalue weighted by atomic mass is 32.1. The summed E-state index contributed by atoms with van der Waals surface area (Å²) in [5.41, 5.74) is 19.5. The van der Waals surface area contributed by atoms with Crippen LogP contribution in [0.25, 0.3) is 91.8 Å². The molecule has 2 aliphatic rings. The van der Waals surface area contributed by atoms with E-state index in [-0.39, 0.29) is 0 Å². The number of rotatable bonds is 5. The summed E-state index contributed by atoms with van der Waals surface area (Å²) in [7, 11) is 0. The van der Waals surface area contributed by atoms with Crippen molar-refractivity contribution in [3.05, 3.63) is 265 Å². The van der Waals surface area contributed by atoms with Crippen molar-refractivity contribution in [2.24, 2.45) is 0 Å². The second-order valence-corrected chi connectivity index (χ2v) is 19.3. The standard InChI is InChI=1S/C65H40N2S/c1-2-19-46-42(16-1)36-39-52-51-25-14-33-61(64(51)68-63(46)52)66(44-37-34-41(35-38-44)43-17-13-18-45(40-43)67-58-30-11-6-22-49(58)50-23-7-12-31-59(50)67)60-32-15-29-57-62(60)53-24-5-10-28-56(53)65(57)54-26-8-3-20-47(54)48-21-4-9-27-55(48)65/h1-40H. The first-order valence-corrected chi connectivity index (χ1v) is 24.3. The third-order valence-electron chi connectivity index (χ3n) is 15.0. The molecule has 68 heavy (non-hydrogen) atoms. The van der Waals surface area contributed by atoms with Crippen LogP contribution in [-0.4, -0.2) is 4.57 Å². The lowest BCUT2D eigenvalue weighted by atomic mass is 9.70. The van der Waals surface area contributed by atoms with Crippen molar-refractivity contribution in [2.75, 3.05) is 4.90 Å². The molecule has 0 aliphatic heterocycles. The Kier molecular flexibility index (Phi) is 7.90. The predicted octanol–water partition coefficient (Wildman–Crippen LogP) is 17.8. The predicted molar refractivity (Wildman–Crippen MR) is 288 cm³/mol. The molecule has 3 heteroatoms. The van der Waals surface area contributed by atoms with E-state index in [9.17, 15) is 0 Å². The zero-order valence-corrected chi connectivity index (χ0v) is 37.7. The van der Waals surface area contributed by atoms with Gasteiger partial charge in [-0.1, -0.05) is 194 Å². The van der Waals surface area contributed by atoms with Gasteiger partial charge in [-0.3, -0.25) is 0 Å². The molecule has 0 amide bonds. The largest absolute Gasteiger partial charge is 0.309 e. The van der Waals surface area contributed by atoms with Crippen LogP contribution in [0.3, 0.4) is 0 Å². The van der Waals surface area contributed by atoms with Crippen LogP contribution >= 0.6 is 11.3 Å². The van der Waals surface area contributed by atoms with Crippen molar-refractivity contribution in [1.29, 1.82) is 0 Å². The molecule has 11 aromatic carbocycles. The Balaban J connectivity index is 0.958. The van der Waals surface area contributed by atoms with E-state index >= 15 is 0 Å². The number of fused-ring (bicyclic) bond motifs is 18. The van der Waals surface area contributed by atoms with E-state index in [1.807, 2.05) is 11.3 Å². The van der Waals surface area contributed by atoms with Gasteiger partial charge in [0.25, 0.3) is 0 Å².